The molecule has 2 aliphatic rings. The van der Waals surface area contributed by atoms with Gasteiger partial charge in [-0.1, -0.05) is 6.92 Å². The second kappa shape index (κ2) is 8.77. The molecule has 0 spiro atoms. The summed E-state index contributed by atoms with van der Waals surface area (Å²) in [6.07, 6.45) is -0.0156. The van der Waals surface area contributed by atoms with Crippen molar-refractivity contribution in [3.8, 4) is 11.8 Å². The number of carbonyl (C=O) groups is 1. The Bertz CT molecular complexity index is 737. The monoisotopic (exact) mass is 415 g/mol. The summed E-state index contributed by atoms with van der Waals surface area (Å²) in [6.45, 7) is 3.02. The summed E-state index contributed by atoms with van der Waals surface area (Å²) in [6, 6.07) is 1.00. The van der Waals surface area contributed by atoms with Crippen LogP contribution in [0.4, 0.5) is 13.2 Å². The Morgan fingerprint density at radius 2 is 2.03 bits per heavy atom. The molecule has 2 fully saturated rings. The number of alkyl halides is 2. The third kappa shape index (κ3) is 5.32. The molecule has 29 heavy (non-hydrogen) atoms. The number of ether oxygens (including phenoxy) is 2. The zero-order chi connectivity index (χ0) is 21.2. The molecule has 1 aromatic heterocycles. The molecule has 1 amide bonds. The molecule has 1 saturated heterocycles. The zero-order valence-electron chi connectivity index (χ0n) is 17.0. The lowest BCUT2D eigenvalue weighted by Gasteiger charge is -2.28. The number of nitrogens with zero attached hydrogens (tertiary/aromatic N) is 2. The Balaban J connectivity index is 1.63. The van der Waals surface area contributed by atoms with E-state index in [1.54, 1.807) is 0 Å². The fraction of sp³-hybridized carbons (Fsp3) is 0.700. The van der Waals surface area contributed by atoms with E-state index >= 15 is 0 Å². The molecule has 1 aliphatic heterocycles. The second-order valence-electron chi connectivity index (χ2n) is 8.13. The Hall–Kier alpha value is -2.03. The van der Waals surface area contributed by atoms with Gasteiger partial charge in [0, 0.05) is 31.5 Å². The highest BCUT2D eigenvalue weighted by atomic mass is 19.3. The molecule has 2 atom stereocenters. The van der Waals surface area contributed by atoms with E-state index in [4.69, 9.17) is 9.47 Å². The van der Waals surface area contributed by atoms with Crippen LogP contribution in [0.15, 0.2) is 6.07 Å². The van der Waals surface area contributed by atoms with Crippen molar-refractivity contribution in [2.24, 2.45) is 5.92 Å². The molecule has 9 heteroatoms. The first kappa shape index (κ1) is 21.7. The van der Waals surface area contributed by atoms with Gasteiger partial charge in [-0.2, -0.15) is 4.98 Å². The van der Waals surface area contributed by atoms with Crippen LogP contribution in [0.2, 0.25) is 0 Å². The van der Waals surface area contributed by atoms with Crippen molar-refractivity contribution in [3.05, 3.63) is 17.4 Å². The number of amides is 1. The molecular formula is C20H28F3N3O3. The van der Waals surface area contributed by atoms with E-state index in [-0.39, 0.29) is 55.9 Å². The minimum absolute atomic E-state index is 0.0700. The predicted octanol–water partition coefficient (Wildman–Crippen LogP) is 3.14. The van der Waals surface area contributed by atoms with Crippen molar-refractivity contribution < 1.29 is 27.4 Å². The van der Waals surface area contributed by atoms with Gasteiger partial charge in [-0.05, 0) is 38.3 Å². The van der Waals surface area contributed by atoms with Gasteiger partial charge >= 0.3 is 0 Å². The fourth-order valence-electron chi connectivity index (χ4n) is 4.03. The average Bonchev–Trinajstić information content (AvgIpc) is 3.01. The minimum atomic E-state index is -2.68. The van der Waals surface area contributed by atoms with Gasteiger partial charge in [0.1, 0.15) is 6.10 Å². The summed E-state index contributed by atoms with van der Waals surface area (Å²) in [7, 11) is 3.30. The number of aromatic nitrogens is 1. The number of likely N-dealkylation sites (N-methyl/N-ethyl adjacent to an activating group) is 1. The number of methoxy groups -OCH3 is 1. The van der Waals surface area contributed by atoms with Crippen LogP contribution < -0.4 is 14.8 Å². The minimum Gasteiger partial charge on any atom is -0.481 e. The third-order valence-electron chi connectivity index (χ3n) is 5.63. The highest BCUT2D eigenvalue weighted by Crippen LogP contribution is 2.35. The molecule has 1 N–H and O–H groups in total. The van der Waals surface area contributed by atoms with Crippen molar-refractivity contribution in [1.82, 2.24) is 15.2 Å². The maximum Gasteiger partial charge on any atom is 0.254 e. The first-order chi connectivity index (χ1) is 13.7. The lowest BCUT2D eigenvalue weighted by atomic mass is 9.94. The Labute approximate surface area is 168 Å². The van der Waals surface area contributed by atoms with Crippen molar-refractivity contribution in [3.63, 3.8) is 0 Å². The molecule has 3 rings (SSSR count). The number of hydrogen-bond acceptors (Lipinski definition) is 5. The lowest BCUT2D eigenvalue weighted by Crippen LogP contribution is -2.41. The van der Waals surface area contributed by atoms with Crippen LogP contribution in [0.25, 0.3) is 0 Å². The number of likely N-dealkylation sites (tertiary alicyclic amines) is 1. The van der Waals surface area contributed by atoms with Crippen molar-refractivity contribution >= 4 is 5.91 Å². The number of rotatable bonds is 6. The summed E-state index contributed by atoms with van der Waals surface area (Å²) < 4.78 is 51.8. The standard InChI is InChI=1S/C20H28F3N3O3/c1-12-8-16(26(2)11-12)17(27)24-10-13-9-15(21)19(25-18(13)28-3)29-14-4-6-20(22,23)7-5-14/h9,12,14,16H,4-8,10-11H2,1-3H3,(H,24,27). The molecule has 0 bridgehead atoms. The second-order valence-corrected chi connectivity index (χ2v) is 8.13. The summed E-state index contributed by atoms with van der Waals surface area (Å²) in [5.74, 6) is -3.20. The van der Waals surface area contributed by atoms with Gasteiger partial charge in [-0.25, -0.2) is 13.2 Å². The first-order valence-electron chi connectivity index (χ1n) is 9.94. The number of halogens is 3. The Morgan fingerprint density at radius 1 is 1.34 bits per heavy atom. The molecule has 162 valence electrons. The van der Waals surface area contributed by atoms with E-state index < -0.39 is 17.8 Å². The van der Waals surface area contributed by atoms with Gasteiger partial charge in [-0.15, -0.1) is 0 Å². The molecular weight excluding hydrogens is 387 g/mol. The molecule has 1 saturated carbocycles. The molecule has 6 nitrogen and oxygen atoms in total. The van der Waals surface area contributed by atoms with Crippen molar-refractivity contribution in [2.45, 2.75) is 63.6 Å². The van der Waals surface area contributed by atoms with Gasteiger partial charge in [0.05, 0.1) is 13.2 Å². The summed E-state index contributed by atoms with van der Waals surface area (Å²) in [4.78, 5) is 18.5. The highest BCUT2D eigenvalue weighted by Gasteiger charge is 2.36. The van der Waals surface area contributed by atoms with Crippen molar-refractivity contribution in [1.29, 1.82) is 0 Å². The van der Waals surface area contributed by atoms with Crippen LogP contribution in [-0.4, -0.2) is 54.6 Å². The quantitative estimate of drug-likeness (QED) is 0.774. The van der Waals surface area contributed by atoms with Crippen LogP contribution in [0, 0.1) is 11.7 Å². The molecule has 1 aliphatic carbocycles. The van der Waals surface area contributed by atoms with E-state index in [0.29, 0.717) is 11.5 Å². The van der Waals surface area contributed by atoms with Crippen LogP contribution in [0.1, 0.15) is 44.6 Å². The predicted molar refractivity (Wildman–Crippen MR) is 101 cm³/mol. The van der Waals surface area contributed by atoms with Crippen LogP contribution in [0.3, 0.4) is 0 Å². The molecule has 2 heterocycles. The average molecular weight is 415 g/mol. The molecule has 1 aromatic rings. The van der Waals surface area contributed by atoms with Gasteiger partial charge in [0.2, 0.25) is 17.7 Å². The smallest absolute Gasteiger partial charge is 0.254 e. The van der Waals surface area contributed by atoms with Gasteiger partial charge in [0.25, 0.3) is 5.88 Å². The maximum atomic E-state index is 14.5. The fourth-order valence-corrected chi connectivity index (χ4v) is 4.03. The number of hydrogen-bond donors (Lipinski definition) is 1. The van der Waals surface area contributed by atoms with Crippen LogP contribution in [0.5, 0.6) is 11.8 Å². The topological polar surface area (TPSA) is 63.7 Å². The Morgan fingerprint density at radius 3 is 2.62 bits per heavy atom. The third-order valence-corrected chi connectivity index (χ3v) is 5.63. The van der Waals surface area contributed by atoms with E-state index in [1.807, 2.05) is 11.9 Å². The van der Waals surface area contributed by atoms with E-state index in [1.165, 1.54) is 13.2 Å². The number of pyridine rings is 1. The van der Waals surface area contributed by atoms with Gasteiger partial charge in [0.15, 0.2) is 5.82 Å². The van der Waals surface area contributed by atoms with E-state index in [0.717, 1.165) is 13.0 Å². The van der Waals surface area contributed by atoms with Gasteiger partial charge < -0.3 is 14.8 Å². The zero-order valence-corrected chi connectivity index (χ0v) is 17.0. The normalized spacial score (nSPS) is 25.0. The number of nitrogens with one attached hydrogen (secondary N) is 1. The summed E-state index contributed by atoms with van der Waals surface area (Å²) in [5.41, 5.74) is 0.384. The highest BCUT2D eigenvalue weighted by molar-refractivity contribution is 5.82. The molecule has 0 aromatic carbocycles. The maximum absolute atomic E-state index is 14.5. The van der Waals surface area contributed by atoms with Crippen molar-refractivity contribution in [2.75, 3.05) is 20.7 Å². The van der Waals surface area contributed by atoms with Gasteiger partial charge in [-0.3, -0.25) is 9.69 Å². The molecule has 2 unspecified atom stereocenters. The van der Waals surface area contributed by atoms with E-state index in [2.05, 4.69) is 17.2 Å². The SMILES string of the molecule is COc1nc(OC2CCC(F)(F)CC2)c(F)cc1CNC(=O)C1CC(C)CN1C. The van der Waals surface area contributed by atoms with E-state index in [9.17, 15) is 18.0 Å². The van der Waals surface area contributed by atoms with Crippen LogP contribution in [-0.2, 0) is 11.3 Å². The summed E-state index contributed by atoms with van der Waals surface area (Å²) >= 11 is 0. The largest absolute Gasteiger partial charge is 0.481 e. The first-order valence-corrected chi connectivity index (χ1v) is 9.94. The summed E-state index contributed by atoms with van der Waals surface area (Å²) in [5, 5.41) is 2.81. The number of carbonyl (C=O) groups excluding carboxylic acids is 1. The van der Waals surface area contributed by atoms with Crippen LogP contribution >= 0.6 is 0 Å². The lowest BCUT2D eigenvalue weighted by molar-refractivity contribution is -0.125. The Kier molecular flexibility index (Phi) is 6.55. The molecule has 0 radical (unpaired) electrons.